The van der Waals surface area contributed by atoms with Crippen molar-refractivity contribution in [2.24, 2.45) is 5.92 Å². The highest BCUT2D eigenvalue weighted by Gasteiger charge is 2.46. The predicted octanol–water partition coefficient (Wildman–Crippen LogP) is 6.22. The third-order valence-electron chi connectivity index (χ3n) is 15.9. The molecule has 380 valence electrons. The van der Waals surface area contributed by atoms with Crippen LogP contribution in [0.15, 0.2) is 58.1 Å². The molecule has 5 N–H and O–H groups in total. The lowest BCUT2D eigenvalue weighted by Crippen LogP contribution is -2.50. The van der Waals surface area contributed by atoms with E-state index in [4.69, 9.17) is 14.5 Å². The third kappa shape index (κ3) is 8.12. The maximum absolute atomic E-state index is 15.4. The number of carbonyl (C=O) groups excluding carboxylic acids is 3. The molecule has 0 spiro atoms. The number of phenols is 2. The smallest absolute Gasteiger partial charge is 0.407 e. The monoisotopic (exact) mass is 996 g/mol. The number of carbonyl (C=O) groups is 3. The van der Waals surface area contributed by atoms with Crippen molar-refractivity contribution in [2.75, 3.05) is 26.2 Å². The van der Waals surface area contributed by atoms with Gasteiger partial charge in [0.05, 0.1) is 46.3 Å². The number of aliphatic hydroxyl groups is 1. The first-order chi connectivity index (χ1) is 35.0. The van der Waals surface area contributed by atoms with E-state index < -0.39 is 46.9 Å². The number of nitrogens with one attached hydrogen (secondary N) is 2. The van der Waals surface area contributed by atoms with Crippen molar-refractivity contribution in [1.29, 1.82) is 0 Å². The van der Waals surface area contributed by atoms with Gasteiger partial charge in [-0.25, -0.2) is 33.4 Å². The summed E-state index contributed by atoms with van der Waals surface area (Å²) in [6.07, 6.45) is 2.14. The van der Waals surface area contributed by atoms with E-state index in [0.717, 1.165) is 22.1 Å². The van der Waals surface area contributed by atoms with Crippen LogP contribution in [0.4, 0.5) is 9.18 Å². The summed E-state index contributed by atoms with van der Waals surface area (Å²) in [4.78, 5) is 76.5. The van der Waals surface area contributed by atoms with Gasteiger partial charge in [0.2, 0.25) is 5.91 Å². The predicted molar refractivity (Wildman–Crippen MR) is 265 cm³/mol. The lowest BCUT2D eigenvalue weighted by atomic mass is 9.81. The fourth-order valence-electron chi connectivity index (χ4n) is 11.8. The van der Waals surface area contributed by atoms with E-state index in [9.17, 15) is 39.3 Å². The number of hydrogen-bond donors (Lipinski definition) is 5. The molecular weight excluding hydrogens is 940 g/mol. The Morgan fingerprint density at radius 3 is 2.41 bits per heavy atom. The van der Waals surface area contributed by atoms with Crippen molar-refractivity contribution < 1.29 is 43.6 Å². The molecule has 0 unspecified atom stereocenters. The van der Waals surface area contributed by atoms with Crippen molar-refractivity contribution in [3.63, 3.8) is 0 Å². The van der Waals surface area contributed by atoms with E-state index in [-0.39, 0.29) is 65.8 Å². The van der Waals surface area contributed by atoms with Crippen LogP contribution in [0.1, 0.15) is 116 Å². The Labute approximate surface area is 418 Å². The average Bonchev–Trinajstić information content (AvgIpc) is 3.96. The summed E-state index contributed by atoms with van der Waals surface area (Å²) >= 11 is 0. The summed E-state index contributed by atoms with van der Waals surface area (Å²) in [5.41, 5.74) is 3.90. The number of alkyl carbamates (subject to hydrolysis) is 1. The second-order valence-electron chi connectivity index (χ2n) is 20.5. The van der Waals surface area contributed by atoms with E-state index in [1.807, 2.05) is 43.0 Å². The number of nitrogens with zero attached hydrogens (tertiary/aromatic N) is 6. The van der Waals surface area contributed by atoms with Crippen molar-refractivity contribution >= 4 is 28.9 Å². The van der Waals surface area contributed by atoms with E-state index in [2.05, 4.69) is 20.4 Å². The van der Waals surface area contributed by atoms with Gasteiger partial charge < -0.3 is 39.6 Å². The molecule has 18 nitrogen and oxygen atoms in total. The van der Waals surface area contributed by atoms with Gasteiger partial charge in [-0.3, -0.25) is 14.5 Å². The molecule has 3 aliphatic heterocycles. The molecule has 19 heteroatoms. The summed E-state index contributed by atoms with van der Waals surface area (Å²) in [5.74, 6) is -1.35. The zero-order valence-corrected chi connectivity index (χ0v) is 41.1. The number of rotatable bonds is 9. The molecule has 3 aromatic heterocycles. The number of aryl methyl sites for hydroxylation is 1. The maximum atomic E-state index is 15.4. The van der Waals surface area contributed by atoms with Crippen LogP contribution in [0, 0.1) is 18.7 Å². The zero-order chi connectivity index (χ0) is 51.2. The van der Waals surface area contributed by atoms with Gasteiger partial charge in [-0.05, 0) is 110 Å². The van der Waals surface area contributed by atoms with Gasteiger partial charge in [-0.1, -0.05) is 32.9 Å². The van der Waals surface area contributed by atoms with Gasteiger partial charge >= 0.3 is 17.8 Å². The molecule has 2 amide bonds. The van der Waals surface area contributed by atoms with Crippen LogP contribution >= 0.6 is 0 Å². The van der Waals surface area contributed by atoms with Crippen LogP contribution in [0.5, 0.6) is 11.5 Å². The highest BCUT2D eigenvalue weighted by atomic mass is 19.1. The Hall–Kier alpha value is -7.38. The number of fused-ring (bicyclic) bond motifs is 5. The first kappa shape index (κ1) is 47.9. The first-order valence-corrected chi connectivity index (χ1v) is 25.2. The van der Waals surface area contributed by atoms with Crippen LogP contribution in [0.25, 0.3) is 39.4 Å². The van der Waals surface area contributed by atoms with Crippen molar-refractivity contribution in [3.05, 3.63) is 120 Å². The number of ether oxygens (including phenoxy) is 2. The fourth-order valence-corrected chi connectivity index (χ4v) is 11.8. The van der Waals surface area contributed by atoms with Crippen LogP contribution in [0.3, 0.4) is 0 Å². The minimum Gasteiger partial charge on any atom is -0.508 e. The van der Waals surface area contributed by atoms with Gasteiger partial charge in [-0.2, -0.15) is 5.10 Å². The Balaban J connectivity index is 0.709. The number of cyclic esters (lactones) is 1. The number of aromatic amines is 1. The van der Waals surface area contributed by atoms with Crippen molar-refractivity contribution in [3.8, 4) is 40.0 Å². The number of H-pyrrole nitrogens is 1. The van der Waals surface area contributed by atoms with Gasteiger partial charge in [0, 0.05) is 67.3 Å². The van der Waals surface area contributed by atoms with Crippen LogP contribution in [0.2, 0.25) is 0 Å². The number of esters is 1. The molecule has 3 aromatic carbocycles. The van der Waals surface area contributed by atoms with E-state index >= 15 is 4.39 Å². The molecule has 0 radical (unpaired) electrons. The highest BCUT2D eigenvalue weighted by molar-refractivity contribution is 5.94. The van der Waals surface area contributed by atoms with Gasteiger partial charge in [0.15, 0.2) is 11.4 Å². The molecule has 0 bridgehead atoms. The molecule has 6 heterocycles. The van der Waals surface area contributed by atoms with Crippen molar-refractivity contribution in [1.82, 2.24) is 39.4 Å². The summed E-state index contributed by atoms with van der Waals surface area (Å²) in [5, 5.41) is 43.0. The summed E-state index contributed by atoms with van der Waals surface area (Å²) in [7, 11) is 0. The number of halogens is 1. The van der Waals surface area contributed by atoms with Gasteiger partial charge in [0.1, 0.15) is 30.0 Å². The number of phenolic OH excluding ortho intramolecular Hbond substituents is 2. The quantitative estimate of drug-likeness (QED) is 0.101. The van der Waals surface area contributed by atoms with Crippen LogP contribution < -0.4 is 16.6 Å². The van der Waals surface area contributed by atoms with E-state index in [1.54, 1.807) is 26.0 Å². The Kier molecular flexibility index (Phi) is 12.0. The Bertz CT molecular complexity index is 3390. The molecule has 11 rings (SSSR count). The number of piperazine rings is 1. The molecule has 2 atom stereocenters. The molecule has 6 aromatic rings. The number of aromatic hydroxyl groups is 2. The summed E-state index contributed by atoms with van der Waals surface area (Å²) < 4.78 is 29.6. The Morgan fingerprint density at radius 1 is 0.959 bits per heavy atom. The van der Waals surface area contributed by atoms with E-state index in [1.165, 1.54) is 21.3 Å². The molecule has 2 aliphatic carbocycles. The maximum Gasteiger partial charge on any atom is 0.407 e. The lowest BCUT2D eigenvalue weighted by molar-refractivity contribution is -0.172. The molecule has 2 fully saturated rings. The molecule has 73 heavy (non-hydrogen) atoms. The molecule has 1 saturated heterocycles. The normalized spacial score (nSPS) is 21.4. The number of pyridine rings is 2. The summed E-state index contributed by atoms with van der Waals surface area (Å²) in [6, 6.07) is 12.9. The third-order valence-corrected chi connectivity index (χ3v) is 15.9. The SMILES string of the molecule is CC[C@@]1(O)C(=O)OCc2c1cc1n(c2=O)Cc2c-1nc1cc(F)c(C)c3c1c2[C@@H](NC(=O)OC1CCC(C(=O)N2CCN(Cc4ccc(-n5c(-c6cc(C(C)C)c(O)cc6O)n[nH]c5=O)cc4)CC2)CC1)CC3. The summed E-state index contributed by atoms with van der Waals surface area (Å²) in [6.45, 7) is 10.2. The zero-order valence-electron chi connectivity index (χ0n) is 41.1. The standard InChI is InChI=1S/C54H57FN8O10/c1-5-54(71)38-21-42-47-36(25-62(42)50(67)37(38)26-72-51(54)68)46-40(15-14-33-28(4)39(55)22-41(56-47)45(33)46)57-53(70)73-32-12-8-30(9-13-32)49(66)61-18-16-60(17-19-61)24-29-6-10-31(11-7-29)63-48(58-59-52(63)69)35-20-34(27(2)3)43(64)23-44(35)65/h6-7,10-11,20-23,27,30,32,40,64-65,71H,5,8-9,12-19,24-26H2,1-4H3,(H,57,70)(H,59,69)/t30?,32?,40-,54-/m0/s1. The average molecular weight is 997 g/mol. The number of hydrogen-bond acceptors (Lipinski definition) is 13. The molecular formula is C54H57FN8O10. The van der Waals surface area contributed by atoms with Gasteiger partial charge in [0.25, 0.3) is 5.56 Å². The largest absolute Gasteiger partial charge is 0.508 e. The fraction of sp³-hybridized carbons (Fsp3) is 0.426. The number of aromatic nitrogens is 5. The minimum atomic E-state index is -2.01. The number of amides is 2. The van der Waals surface area contributed by atoms with E-state index in [0.29, 0.717) is 116 Å². The highest BCUT2D eigenvalue weighted by Crippen LogP contribution is 2.46. The van der Waals surface area contributed by atoms with Crippen molar-refractivity contribution in [2.45, 2.75) is 116 Å². The number of benzene rings is 3. The lowest BCUT2D eigenvalue weighted by Gasteiger charge is -2.38. The van der Waals surface area contributed by atoms with Crippen LogP contribution in [-0.2, 0) is 50.8 Å². The molecule has 1 saturated carbocycles. The minimum absolute atomic E-state index is 0.00982. The topological polar surface area (TPSA) is 234 Å². The second kappa shape index (κ2) is 18.3. The first-order valence-electron chi connectivity index (χ1n) is 25.2. The van der Waals surface area contributed by atoms with Crippen LogP contribution in [-0.4, -0.2) is 99.7 Å². The van der Waals surface area contributed by atoms with Gasteiger partial charge in [-0.15, -0.1) is 0 Å². The molecule has 5 aliphatic rings. The second-order valence-corrected chi connectivity index (χ2v) is 20.5. The Morgan fingerprint density at radius 2 is 1.70 bits per heavy atom.